The first-order chi connectivity index (χ1) is 6.99. The summed E-state index contributed by atoms with van der Waals surface area (Å²) in [5.74, 6) is -1.47. The third-order valence-electron chi connectivity index (χ3n) is 1.80. The molecule has 0 fully saturated rings. The summed E-state index contributed by atoms with van der Waals surface area (Å²) in [7, 11) is -3.37. The molecule has 0 aromatic carbocycles. The number of hydrogen-bond donors (Lipinski definition) is 1. The van der Waals surface area contributed by atoms with Crippen LogP contribution in [0.3, 0.4) is 0 Å². The molecule has 0 aliphatic carbocycles. The number of pyridine rings is 1. The molecule has 5 nitrogen and oxygen atoms in total. The van der Waals surface area contributed by atoms with E-state index in [0.717, 1.165) is 0 Å². The van der Waals surface area contributed by atoms with E-state index in [1.807, 2.05) is 6.07 Å². The second-order valence-electron chi connectivity index (χ2n) is 3.17. The first-order valence-electron chi connectivity index (χ1n) is 4.42. The van der Waals surface area contributed by atoms with Gasteiger partial charge in [-0.25, -0.2) is 13.0 Å². The van der Waals surface area contributed by atoms with Crippen LogP contribution in [0.2, 0.25) is 0 Å². The third kappa shape index (κ3) is 5.67. The van der Waals surface area contributed by atoms with E-state index < -0.39 is 21.5 Å². The Labute approximate surface area is 101 Å². The van der Waals surface area contributed by atoms with Gasteiger partial charge in [-0.3, -0.25) is 4.79 Å². The van der Waals surface area contributed by atoms with Crippen LogP contribution in [-0.4, -0.2) is 25.8 Å². The van der Waals surface area contributed by atoms with Crippen LogP contribution in [0.25, 0.3) is 0 Å². The number of rotatable bonds is 5. The predicted molar refractivity (Wildman–Crippen MR) is 54.5 cm³/mol. The van der Waals surface area contributed by atoms with Crippen LogP contribution in [-0.2, 0) is 21.2 Å². The van der Waals surface area contributed by atoms with E-state index in [1.165, 1.54) is 0 Å². The molecule has 1 rings (SSSR count). The summed E-state index contributed by atoms with van der Waals surface area (Å²) < 4.78 is 24.3. The molecule has 7 heteroatoms. The van der Waals surface area contributed by atoms with E-state index in [9.17, 15) is 13.2 Å². The molecule has 1 amide bonds. The summed E-state index contributed by atoms with van der Waals surface area (Å²) >= 11 is 0. The average Bonchev–Trinajstić information content (AvgIpc) is 2.15. The van der Waals surface area contributed by atoms with Gasteiger partial charge in [0.25, 0.3) is 0 Å². The highest BCUT2D eigenvalue weighted by molar-refractivity contribution is 7.92. The van der Waals surface area contributed by atoms with E-state index in [1.54, 1.807) is 29.1 Å². The molecule has 90 valence electrons. The highest BCUT2D eigenvalue weighted by Gasteiger charge is 2.16. The van der Waals surface area contributed by atoms with Crippen LogP contribution in [0.4, 0.5) is 0 Å². The van der Waals surface area contributed by atoms with Gasteiger partial charge in [-0.1, -0.05) is 6.07 Å². The molecule has 0 bridgehead atoms. The second-order valence-corrected chi connectivity index (χ2v) is 5.36. The fourth-order valence-electron chi connectivity index (χ4n) is 1.12. The molecule has 1 aromatic rings. The number of nitrogens with two attached hydrogens (primary N) is 1. The molecule has 0 radical (unpaired) electrons. The molecule has 0 aliphatic rings. The van der Waals surface area contributed by atoms with Crippen LogP contribution in [0.15, 0.2) is 30.6 Å². The summed E-state index contributed by atoms with van der Waals surface area (Å²) in [6, 6.07) is 5.45. The van der Waals surface area contributed by atoms with E-state index in [4.69, 9.17) is 5.73 Å². The number of aromatic nitrogens is 1. The molecule has 1 aromatic heterocycles. The van der Waals surface area contributed by atoms with E-state index in [-0.39, 0.29) is 18.2 Å². The molecule has 0 spiro atoms. The van der Waals surface area contributed by atoms with E-state index in [2.05, 4.69) is 0 Å². The number of aryl methyl sites for hydroxylation is 1. The van der Waals surface area contributed by atoms with Crippen molar-refractivity contribution in [2.75, 3.05) is 11.5 Å². The van der Waals surface area contributed by atoms with Gasteiger partial charge < -0.3 is 18.1 Å². The third-order valence-corrected chi connectivity index (χ3v) is 3.33. The lowest BCUT2D eigenvalue weighted by Gasteiger charge is -1.98. The van der Waals surface area contributed by atoms with Crippen molar-refractivity contribution >= 4 is 15.7 Å². The predicted octanol–water partition coefficient (Wildman–Crippen LogP) is -4.12. The first-order valence-corrected chi connectivity index (χ1v) is 6.24. The maximum absolute atomic E-state index is 11.3. The van der Waals surface area contributed by atoms with E-state index in [0.29, 0.717) is 6.54 Å². The van der Waals surface area contributed by atoms with E-state index >= 15 is 0 Å². The molecule has 2 N–H and O–H groups in total. The summed E-state index contributed by atoms with van der Waals surface area (Å²) in [6.45, 7) is 0.330. The molecule has 16 heavy (non-hydrogen) atoms. The van der Waals surface area contributed by atoms with Crippen molar-refractivity contribution in [1.82, 2.24) is 0 Å². The number of sulfone groups is 1. The Kier molecular flexibility index (Phi) is 5.98. The van der Waals surface area contributed by atoms with Crippen molar-refractivity contribution in [2.45, 2.75) is 6.54 Å². The number of hydrogen-bond acceptors (Lipinski definition) is 3. The van der Waals surface area contributed by atoms with Gasteiger partial charge in [-0.15, -0.1) is 0 Å². The molecule has 0 aliphatic heterocycles. The van der Waals surface area contributed by atoms with Crippen LogP contribution < -0.4 is 22.7 Å². The largest absolute Gasteiger partial charge is 1.00 e. The Morgan fingerprint density at radius 2 is 1.75 bits per heavy atom. The zero-order chi connectivity index (χ0) is 11.3. The molecule has 0 unspecified atom stereocenters. The molecular weight excluding hydrogens is 252 g/mol. The van der Waals surface area contributed by atoms with Gasteiger partial charge in [0.05, 0.1) is 0 Å². The second kappa shape index (κ2) is 6.44. The van der Waals surface area contributed by atoms with Gasteiger partial charge in [0.1, 0.15) is 11.5 Å². The number of amides is 1. The van der Waals surface area contributed by atoms with Crippen molar-refractivity contribution in [3.63, 3.8) is 0 Å². The SMILES string of the molecule is NC(=O)CS(=O)(=O)CC[n+]1ccccc1.[Cl-]. The van der Waals surface area contributed by atoms with Crippen LogP contribution in [0, 0.1) is 0 Å². The van der Waals surface area contributed by atoms with Crippen LogP contribution >= 0.6 is 0 Å². The van der Waals surface area contributed by atoms with Gasteiger partial charge in [0.2, 0.25) is 5.91 Å². The maximum atomic E-state index is 11.3. The monoisotopic (exact) mass is 264 g/mol. The van der Waals surface area contributed by atoms with Crippen molar-refractivity contribution in [1.29, 1.82) is 0 Å². The maximum Gasteiger partial charge on any atom is 0.232 e. The quantitative estimate of drug-likeness (QED) is 0.549. The zero-order valence-electron chi connectivity index (χ0n) is 8.54. The molecular formula is C9H13ClN2O3S. The van der Waals surface area contributed by atoms with Crippen LogP contribution in [0.5, 0.6) is 0 Å². The smallest absolute Gasteiger partial charge is 0.232 e. The Morgan fingerprint density at radius 3 is 2.25 bits per heavy atom. The summed E-state index contributed by atoms with van der Waals surface area (Å²) in [4.78, 5) is 10.5. The van der Waals surface area contributed by atoms with Crippen molar-refractivity contribution in [3.8, 4) is 0 Å². The zero-order valence-corrected chi connectivity index (χ0v) is 10.1. The lowest BCUT2D eigenvalue weighted by Crippen LogP contribution is -3.00. The number of carbonyl (C=O) groups is 1. The van der Waals surface area contributed by atoms with Gasteiger partial charge in [0.15, 0.2) is 28.8 Å². The molecule has 1 heterocycles. The lowest BCUT2D eigenvalue weighted by molar-refractivity contribution is -0.692. The fourth-order valence-corrected chi connectivity index (χ4v) is 2.18. The lowest BCUT2D eigenvalue weighted by atomic mass is 10.5. The Hall–Kier alpha value is -1.14. The number of nitrogens with zero attached hydrogens (tertiary/aromatic N) is 1. The number of carbonyl (C=O) groups excluding carboxylic acids is 1. The minimum absolute atomic E-state index is 0. The fraction of sp³-hybridized carbons (Fsp3) is 0.333. The summed E-state index contributed by atoms with van der Waals surface area (Å²) in [5.41, 5.74) is 4.82. The van der Waals surface area contributed by atoms with Gasteiger partial charge >= 0.3 is 0 Å². The summed E-state index contributed by atoms with van der Waals surface area (Å²) in [6.07, 6.45) is 3.53. The van der Waals surface area contributed by atoms with Gasteiger partial charge in [-0.05, 0) is 0 Å². The minimum Gasteiger partial charge on any atom is -1.00 e. The molecule has 0 atom stereocenters. The highest BCUT2D eigenvalue weighted by atomic mass is 35.5. The van der Waals surface area contributed by atoms with Crippen LogP contribution in [0.1, 0.15) is 0 Å². The number of primary amides is 1. The Balaban J connectivity index is 0.00000225. The standard InChI is InChI=1S/C9H12N2O3S.ClH/c10-9(12)8-15(13,14)7-6-11-4-2-1-3-5-11;/h1-5H,6-8H2,(H-,10,12);1H. The highest BCUT2D eigenvalue weighted by Crippen LogP contribution is 1.89. The Bertz CT molecular complexity index is 433. The number of halogens is 1. The normalized spacial score (nSPS) is 10.5. The molecule has 0 saturated carbocycles. The van der Waals surface area contributed by atoms with Crippen molar-refractivity contribution in [3.05, 3.63) is 30.6 Å². The molecule has 0 saturated heterocycles. The summed E-state index contributed by atoms with van der Waals surface area (Å²) in [5, 5.41) is 0. The van der Waals surface area contributed by atoms with Gasteiger partial charge in [0, 0.05) is 12.1 Å². The Morgan fingerprint density at radius 1 is 1.19 bits per heavy atom. The minimum atomic E-state index is -3.37. The topological polar surface area (TPSA) is 81.1 Å². The first kappa shape index (κ1) is 14.9. The van der Waals surface area contributed by atoms with Gasteiger partial charge in [-0.2, -0.15) is 0 Å². The average molecular weight is 265 g/mol. The van der Waals surface area contributed by atoms with Crippen molar-refractivity contribution in [2.24, 2.45) is 5.73 Å². The van der Waals surface area contributed by atoms with Crippen molar-refractivity contribution < 1.29 is 30.2 Å².